The van der Waals surface area contributed by atoms with Crippen molar-refractivity contribution in [1.29, 1.82) is 0 Å². The highest BCUT2D eigenvalue weighted by Gasteiger charge is 2.16. The van der Waals surface area contributed by atoms with E-state index in [-0.39, 0.29) is 0 Å². The van der Waals surface area contributed by atoms with Crippen LogP contribution in [0.25, 0.3) is 0 Å². The maximum Gasteiger partial charge on any atom is 0.197 e. The zero-order chi connectivity index (χ0) is 16.8. The Kier molecular flexibility index (Phi) is 5.56. The van der Waals surface area contributed by atoms with Crippen LogP contribution in [0.2, 0.25) is 5.02 Å². The van der Waals surface area contributed by atoms with Crippen molar-refractivity contribution in [1.82, 2.24) is 5.32 Å². The van der Waals surface area contributed by atoms with E-state index in [1.54, 1.807) is 6.20 Å². The van der Waals surface area contributed by atoms with Gasteiger partial charge in [0, 0.05) is 29.2 Å². The second-order valence-electron chi connectivity index (χ2n) is 5.21. The highest BCUT2D eigenvalue weighted by atomic mass is 35.5. The maximum absolute atomic E-state index is 5.86. The molecule has 0 unspecified atom stereocenters. The van der Waals surface area contributed by atoms with Gasteiger partial charge in [-0.1, -0.05) is 41.9 Å². The number of nitrogens with one attached hydrogen (secondary N) is 2. The summed E-state index contributed by atoms with van der Waals surface area (Å²) in [6.45, 7) is 2.78. The molecule has 4 nitrogen and oxygen atoms in total. The van der Waals surface area contributed by atoms with Gasteiger partial charge >= 0.3 is 0 Å². The van der Waals surface area contributed by atoms with E-state index in [0.29, 0.717) is 0 Å². The molecule has 122 valence electrons. The number of benzene rings is 2. The van der Waals surface area contributed by atoms with Gasteiger partial charge in [-0.05, 0) is 48.5 Å². The van der Waals surface area contributed by atoms with E-state index in [1.807, 2.05) is 49.4 Å². The van der Waals surface area contributed by atoms with Gasteiger partial charge in [-0.25, -0.2) is 4.99 Å². The third kappa shape index (κ3) is 4.88. The second-order valence-corrected chi connectivity index (χ2v) is 6.61. The molecule has 1 aliphatic rings. The molecule has 0 saturated carbocycles. The molecule has 24 heavy (non-hydrogen) atoms. The molecule has 0 bridgehead atoms. The van der Waals surface area contributed by atoms with Crippen LogP contribution in [-0.2, 0) is 6.54 Å². The molecule has 0 spiro atoms. The van der Waals surface area contributed by atoms with Gasteiger partial charge < -0.3 is 10.6 Å². The fourth-order valence-corrected chi connectivity index (χ4v) is 2.69. The third-order valence-electron chi connectivity index (χ3n) is 3.26. The van der Waals surface area contributed by atoms with E-state index >= 15 is 0 Å². The number of halogens is 1. The van der Waals surface area contributed by atoms with E-state index in [2.05, 4.69) is 32.8 Å². The Bertz CT molecular complexity index is 782. The molecular formula is C18H17ClN4S. The van der Waals surface area contributed by atoms with Gasteiger partial charge in [-0.15, -0.1) is 0 Å². The van der Waals surface area contributed by atoms with Gasteiger partial charge in [0.05, 0.1) is 0 Å². The molecule has 2 aromatic rings. The molecule has 0 radical (unpaired) electrons. The molecule has 1 heterocycles. The minimum Gasteiger partial charge on any atom is -0.383 e. The lowest BCUT2D eigenvalue weighted by Crippen LogP contribution is -2.19. The topological polar surface area (TPSA) is 48.8 Å². The average molecular weight is 357 g/mol. The van der Waals surface area contributed by atoms with Crippen molar-refractivity contribution in [3.63, 3.8) is 0 Å². The van der Waals surface area contributed by atoms with E-state index in [1.165, 1.54) is 17.3 Å². The van der Waals surface area contributed by atoms with Gasteiger partial charge in [0.1, 0.15) is 0 Å². The van der Waals surface area contributed by atoms with Crippen LogP contribution in [-0.4, -0.2) is 10.3 Å². The summed E-state index contributed by atoms with van der Waals surface area (Å²) in [5, 5.41) is 8.83. The smallest absolute Gasteiger partial charge is 0.197 e. The predicted octanol–water partition coefficient (Wildman–Crippen LogP) is 4.86. The van der Waals surface area contributed by atoms with Crippen molar-refractivity contribution in [2.75, 3.05) is 5.32 Å². The summed E-state index contributed by atoms with van der Waals surface area (Å²) in [4.78, 5) is 8.70. The molecule has 0 aliphatic carbocycles. The van der Waals surface area contributed by atoms with Crippen LogP contribution in [0.1, 0.15) is 12.5 Å². The van der Waals surface area contributed by atoms with Crippen LogP contribution in [0.3, 0.4) is 0 Å². The number of rotatable bonds is 5. The highest BCUT2D eigenvalue weighted by molar-refractivity contribution is 8.29. The van der Waals surface area contributed by atoms with Gasteiger partial charge in [0.2, 0.25) is 0 Å². The first kappa shape index (κ1) is 16.6. The quantitative estimate of drug-likeness (QED) is 0.804. The zero-order valence-corrected chi connectivity index (χ0v) is 14.7. The van der Waals surface area contributed by atoms with E-state index < -0.39 is 0 Å². The second kappa shape index (κ2) is 8.04. The first-order valence-corrected chi connectivity index (χ1v) is 8.70. The molecule has 1 aliphatic heterocycles. The third-order valence-corrected chi connectivity index (χ3v) is 4.28. The van der Waals surface area contributed by atoms with E-state index in [0.717, 1.165) is 33.3 Å². The monoisotopic (exact) mass is 356 g/mol. The zero-order valence-electron chi connectivity index (χ0n) is 13.2. The number of nitrogens with zero attached hydrogens (tertiary/aromatic N) is 2. The van der Waals surface area contributed by atoms with Crippen LogP contribution >= 0.6 is 23.4 Å². The fourth-order valence-electron chi connectivity index (χ4n) is 1.98. The lowest BCUT2D eigenvalue weighted by atomic mass is 10.2. The van der Waals surface area contributed by atoms with Crippen molar-refractivity contribution >= 4 is 39.4 Å². The number of amidine groups is 2. The van der Waals surface area contributed by atoms with Gasteiger partial charge in [0.15, 0.2) is 10.3 Å². The average Bonchev–Trinajstić information content (AvgIpc) is 2.57. The first-order chi connectivity index (χ1) is 11.7. The number of anilines is 1. The Morgan fingerprint density at radius 3 is 2.58 bits per heavy atom. The van der Waals surface area contributed by atoms with Gasteiger partial charge in [-0.3, -0.25) is 0 Å². The number of hydrogen-bond donors (Lipinski definition) is 2. The molecule has 0 saturated heterocycles. The lowest BCUT2D eigenvalue weighted by Gasteiger charge is -2.15. The van der Waals surface area contributed by atoms with Crippen LogP contribution < -0.4 is 10.6 Å². The molecular weight excluding hydrogens is 340 g/mol. The molecule has 3 rings (SSSR count). The Morgan fingerprint density at radius 2 is 1.88 bits per heavy atom. The van der Waals surface area contributed by atoms with E-state index in [4.69, 9.17) is 11.6 Å². The normalized spacial score (nSPS) is 15.7. The Hall–Kier alpha value is -2.24. The van der Waals surface area contributed by atoms with Crippen molar-refractivity contribution in [3.05, 3.63) is 77.1 Å². The summed E-state index contributed by atoms with van der Waals surface area (Å²) in [6, 6.07) is 17.8. The molecule has 6 heteroatoms. The van der Waals surface area contributed by atoms with Gasteiger partial charge in [0.25, 0.3) is 0 Å². The summed E-state index contributed by atoms with van der Waals surface area (Å²) in [6.07, 6.45) is 1.80. The number of aliphatic imine (C=N–C) groups is 2. The van der Waals surface area contributed by atoms with Crippen LogP contribution in [0.15, 0.2) is 76.5 Å². The van der Waals surface area contributed by atoms with Crippen LogP contribution in [0.5, 0.6) is 0 Å². The highest BCUT2D eigenvalue weighted by Crippen LogP contribution is 2.23. The van der Waals surface area contributed by atoms with Crippen molar-refractivity contribution < 1.29 is 0 Å². The number of allylic oxidation sites excluding steroid dienone is 1. The first-order valence-electron chi connectivity index (χ1n) is 7.50. The Morgan fingerprint density at radius 1 is 1.17 bits per heavy atom. The summed E-state index contributed by atoms with van der Waals surface area (Å²) < 4.78 is 0. The van der Waals surface area contributed by atoms with Crippen LogP contribution in [0, 0.1) is 0 Å². The summed E-state index contributed by atoms with van der Waals surface area (Å²) >= 11 is 7.37. The van der Waals surface area contributed by atoms with Crippen molar-refractivity contribution in [2.45, 2.75) is 13.5 Å². The molecule has 2 aromatic carbocycles. The minimum atomic E-state index is 0.717. The number of thioether (sulfide) groups is 1. The Balaban J connectivity index is 1.49. The molecule has 0 aromatic heterocycles. The summed E-state index contributed by atoms with van der Waals surface area (Å²) in [5.74, 6) is 0. The molecule has 2 N–H and O–H groups in total. The molecule has 0 atom stereocenters. The SMILES string of the molecule is CC(=CN=C1N=C(Nc2ccc(Cl)cc2)S1)NCc1ccccc1. The van der Waals surface area contributed by atoms with Crippen molar-refractivity contribution in [2.24, 2.45) is 9.98 Å². The standard InChI is InChI=1S/C18H17ClN4S/c1-13(20-12-14-5-3-2-4-6-14)11-21-17-23-18(24-17)22-16-9-7-15(19)8-10-16/h2-11,20H,12H2,1H3,(H,21,22,23). The van der Waals surface area contributed by atoms with E-state index in [9.17, 15) is 0 Å². The summed E-state index contributed by atoms with van der Waals surface area (Å²) in [7, 11) is 0. The predicted molar refractivity (Wildman–Crippen MR) is 105 cm³/mol. The minimum absolute atomic E-state index is 0.717. The van der Waals surface area contributed by atoms with Crippen LogP contribution in [0.4, 0.5) is 5.69 Å². The van der Waals surface area contributed by atoms with Gasteiger partial charge in [-0.2, -0.15) is 4.99 Å². The number of hydrogen-bond acceptors (Lipinski definition) is 4. The largest absolute Gasteiger partial charge is 0.383 e. The molecule has 0 amide bonds. The molecule has 0 fully saturated rings. The lowest BCUT2D eigenvalue weighted by molar-refractivity contribution is 0.808. The van der Waals surface area contributed by atoms with Crippen molar-refractivity contribution in [3.8, 4) is 0 Å². The Labute approximate surface area is 150 Å². The fraction of sp³-hybridized carbons (Fsp3) is 0.111. The summed E-state index contributed by atoms with van der Waals surface area (Å²) in [5.41, 5.74) is 3.20. The maximum atomic E-state index is 5.86.